The van der Waals surface area contributed by atoms with Gasteiger partial charge in [0.15, 0.2) is 0 Å². The molecule has 0 radical (unpaired) electrons. The van der Waals surface area contributed by atoms with Crippen LogP contribution < -0.4 is 10.0 Å². The molecule has 0 aliphatic rings. The van der Waals surface area contributed by atoms with Gasteiger partial charge in [0.1, 0.15) is 0 Å². The molecule has 0 saturated heterocycles. The first-order valence-corrected chi connectivity index (χ1v) is 7.86. The molecule has 2 aromatic carbocycles. The van der Waals surface area contributed by atoms with Crippen LogP contribution in [0, 0.1) is 11.3 Å². The summed E-state index contributed by atoms with van der Waals surface area (Å²) in [4.78, 5) is 0. The van der Waals surface area contributed by atoms with Crippen LogP contribution in [0.2, 0.25) is 0 Å². The second kappa shape index (κ2) is 5.85. The molecule has 0 aromatic heterocycles. The second-order valence-corrected chi connectivity index (χ2v) is 6.55. The number of anilines is 2. The summed E-state index contributed by atoms with van der Waals surface area (Å²) in [5.41, 5.74) is 7.45. The molecule has 0 aliphatic carbocycles. The van der Waals surface area contributed by atoms with Crippen molar-refractivity contribution in [3.05, 3.63) is 59.7 Å². The Morgan fingerprint density at radius 2 is 1.76 bits per heavy atom. The Bertz CT molecular complexity index is 795. The fourth-order valence-electron chi connectivity index (χ4n) is 1.97. The van der Waals surface area contributed by atoms with Crippen LogP contribution >= 0.6 is 0 Å². The summed E-state index contributed by atoms with van der Waals surface area (Å²) in [6.45, 7) is 0. The number of para-hydroxylation sites is 2. The van der Waals surface area contributed by atoms with Gasteiger partial charge in [-0.15, -0.1) is 0 Å². The van der Waals surface area contributed by atoms with Crippen LogP contribution in [0.4, 0.5) is 11.4 Å². The summed E-state index contributed by atoms with van der Waals surface area (Å²) in [5, 5.41) is 9.04. The minimum atomic E-state index is -3.62. The highest BCUT2D eigenvalue weighted by molar-refractivity contribution is 7.92. The van der Waals surface area contributed by atoms with E-state index in [-0.39, 0.29) is 5.75 Å². The quantitative estimate of drug-likeness (QED) is 0.876. The van der Waals surface area contributed by atoms with Gasteiger partial charge in [-0.05, 0) is 23.8 Å². The molecule has 108 valence electrons. The number of nitrogens with two attached hydrogens (primary N) is 1. The van der Waals surface area contributed by atoms with Crippen LogP contribution in [0.5, 0.6) is 0 Å². The van der Waals surface area contributed by atoms with Crippen molar-refractivity contribution in [2.75, 3.05) is 17.1 Å². The lowest BCUT2D eigenvalue weighted by Crippen LogP contribution is -2.28. The molecule has 21 heavy (non-hydrogen) atoms. The number of hydrogen-bond donors (Lipinski definition) is 1. The predicted molar refractivity (Wildman–Crippen MR) is 83.0 cm³/mol. The highest BCUT2D eigenvalue weighted by Gasteiger charge is 2.21. The van der Waals surface area contributed by atoms with Crippen LogP contribution in [0.1, 0.15) is 11.1 Å². The third-order valence-corrected chi connectivity index (χ3v) is 4.88. The van der Waals surface area contributed by atoms with Crippen molar-refractivity contribution < 1.29 is 8.42 Å². The Morgan fingerprint density at radius 1 is 1.14 bits per heavy atom. The number of benzene rings is 2. The maximum Gasteiger partial charge on any atom is 0.239 e. The van der Waals surface area contributed by atoms with Gasteiger partial charge in [-0.2, -0.15) is 5.26 Å². The van der Waals surface area contributed by atoms with Crippen LogP contribution in [-0.4, -0.2) is 15.5 Å². The Morgan fingerprint density at radius 3 is 2.43 bits per heavy atom. The smallest absolute Gasteiger partial charge is 0.239 e. The van der Waals surface area contributed by atoms with Crippen molar-refractivity contribution in [2.24, 2.45) is 0 Å². The summed E-state index contributed by atoms with van der Waals surface area (Å²) in [6, 6.07) is 15.4. The van der Waals surface area contributed by atoms with E-state index in [2.05, 4.69) is 0 Å². The summed E-state index contributed by atoms with van der Waals surface area (Å²) in [5.74, 6) is -0.248. The van der Waals surface area contributed by atoms with Gasteiger partial charge in [0.05, 0.1) is 28.8 Å². The average molecular weight is 301 g/mol. The summed E-state index contributed by atoms with van der Waals surface area (Å²) in [6.07, 6.45) is 0. The van der Waals surface area contributed by atoms with Gasteiger partial charge >= 0.3 is 0 Å². The molecular weight excluding hydrogens is 286 g/mol. The highest BCUT2D eigenvalue weighted by atomic mass is 32.2. The number of rotatable bonds is 4. The SMILES string of the molecule is CN(c1ccccc1N)S(=O)(=O)Cc1ccccc1C#N. The Hall–Kier alpha value is -2.52. The Kier molecular flexibility index (Phi) is 4.15. The zero-order chi connectivity index (χ0) is 15.5. The minimum Gasteiger partial charge on any atom is -0.397 e. The summed E-state index contributed by atoms with van der Waals surface area (Å²) in [7, 11) is -2.16. The fourth-order valence-corrected chi connectivity index (χ4v) is 3.28. The lowest BCUT2D eigenvalue weighted by molar-refractivity contribution is 0.593. The predicted octanol–water partition coefficient (Wildman–Crippen LogP) is 2.11. The molecule has 2 aromatic rings. The molecule has 0 amide bonds. The second-order valence-electron chi connectivity index (χ2n) is 4.55. The van der Waals surface area contributed by atoms with E-state index in [0.29, 0.717) is 22.5 Å². The van der Waals surface area contributed by atoms with Gasteiger partial charge in [-0.25, -0.2) is 8.42 Å². The van der Waals surface area contributed by atoms with Crippen molar-refractivity contribution >= 4 is 21.4 Å². The molecular formula is C15H15N3O2S. The van der Waals surface area contributed by atoms with Crippen molar-refractivity contribution in [1.82, 2.24) is 0 Å². The molecule has 0 heterocycles. The first-order valence-electron chi connectivity index (χ1n) is 6.25. The Labute approximate surface area is 124 Å². The standard InChI is InChI=1S/C15H15N3O2S/c1-18(15-9-5-4-8-14(15)17)21(19,20)11-13-7-3-2-6-12(13)10-16/h2-9H,11,17H2,1H3. The summed E-state index contributed by atoms with van der Waals surface area (Å²) < 4.78 is 26.1. The molecule has 0 aliphatic heterocycles. The number of nitriles is 1. The molecule has 0 saturated carbocycles. The fraction of sp³-hybridized carbons (Fsp3) is 0.133. The molecule has 2 N–H and O–H groups in total. The summed E-state index contributed by atoms with van der Waals surface area (Å²) >= 11 is 0. The largest absolute Gasteiger partial charge is 0.397 e. The van der Waals surface area contributed by atoms with Gasteiger partial charge in [0.25, 0.3) is 0 Å². The third kappa shape index (κ3) is 3.15. The molecule has 0 fully saturated rings. The van der Waals surface area contributed by atoms with Crippen molar-refractivity contribution in [3.63, 3.8) is 0 Å². The zero-order valence-corrected chi connectivity index (χ0v) is 12.3. The maximum absolute atomic E-state index is 12.5. The molecule has 0 bridgehead atoms. The number of nitrogen functional groups attached to an aromatic ring is 1. The number of sulfonamides is 1. The van der Waals surface area contributed by atoms with Crippen LogP contribution in [0.3, 0.4) is 0 Å². The van der Waals surface area contributed by atoms with E-state index in [9.17, 15) is 8.42 Å². The van der Waals surface area contributed by atoms with Gasteiger partial charge < -0.3 is 5.73 Å². The molecule has 6 heteroatoms. The van der Waals surface area contributed by atoms with E-state index in [0.717, 1.165) is 4.31 Å². The number of nitrogens with zero attached hydrogens (tertiary/aromatic N) is 2. The normalized spacial score (nSPS) is 10.9. The van der Waals surface area contributed by atoms with Crippen molar-refractivity contribution in [2.45, 2.75) is 5.75 Å². The van der Waals surface area contributed by atoms with Crippen LogP contribution in [0.25, 0.3) is 0 Å². The number of hydrogen-bond acceptors (Lipinski definition) is 4. The average Bonchev–Trinajstić information content (AvgIpc) is 2.47. The first-order chi connectivity index (χ1) is 9.95. The van der Waals surface area contributed by atoms with Crippen molar-refractivity contribution in [3.8, 4) is 6.07 Å². The molecule has 2 rings (SSSR count). The van der Waals surface area contributed by atoms with E-state index in [1.807, 2.05) is 6.07 Å². The van der Waals surface area contributed by atoms with Crippen LogP contribution in [0.15, 0.2) is 48.5 Å². The van der Waals surface area contributed by atoms with Gasteiger partial charge in [0.2, 0.25) is 10.0 Å². The van der Waals surface area contributed by atoms with E-state index >= 15 is 0 Å². The minimum absolute atomic E-state index is 0.248. The van der Waals surface area contributed by atoms with Crippen molar-refractivity contribution in [1.29, 1.82) is 5.26 Å². The molecule has 0 unspecified atom stereocenters. The van der Waals surface area contributed by atoms with Gasteiger partial charge in [-0.3, -0.25) is 4.31 Å². The topological polar surface area (TPSA) is 87.2 Å². The van der Waals surface area contributed by atoms with Crippen LogP contribution in [-0.2, 0) is 15.8 Å². The maximum atomic E-state index is 12.5. The van der Waals surface area contributed by atoms with E-state index in [1.54, 1.807) is 48.5 Å². The van der Waals surface area contributed by atoms with E-state index < -0.39 is 10.0 Å². The zero-order valence-electron chi connectivity index (χ0n) is 11.5. The Balaban J connectivity index is 2.35. The lowest BCUT2D eigenvalue weighted by atomic mass is 10.1. The third-order valence-electron chi connectivity index (χ3n) is 3.17. The lowest BCUT2D eigenvalue weighted by Gasteiger charge is -2.21. The van der Waals surface area contributed by atoms with Gasteiger partial charge in [-0.1, -0.05) is 30.3 Å². The van der Waals surface area contributed by atoms with E-state index in [1.165, 1.54) is 7.05 Å². The molecule has 0 atom stereocenters. The van der Waals surface area contributed by atoms with Gasteiger partial charge in [0, 0.05) is 7.05 Å². The monoisotopic (exact) mass is 301 g/mol. The highest BCUT2D eigenvalue weighted by Crippen LogP contribution is 2.25. The van der Waals surface area contributed by atoms with E-state index in [4.69, 9.17) is 11.0 Å². The first kappa shape index (κ1) is 14.9. The molecule has 5 nitrogen and oxygen atoms in total. The molecule has 0 spiro atoms.